The van der Waals surface area contributed by atoms with Crippen LogP contribution in [-0.2, 0) is 4.74 Å². The number of halogens is 1. The van der Waals surface area contributed by atoms with E-state index >= 15 is 0 Å². The van der Waals surface area contributed by atoms with Crippen molar-refractivity contribution in [2.45, 2.75) is 24.8 Å². The van der Waals surface area contributed by atoms with Gasteiger partial charge in [-0.05, 0) is 47.9 Å². The van der Waals surface area contributed by atoms with E-state index in [2.05, 4.69) is 32.3 Å². The first kappa shape index (κ1) is 13.5. The highest BCUT2D eigenvalue weighted by molar-refractivity contribution is 14.1. The molecule has 0 amide bonds. The third-order valence-electron chi connectivity index (χ3n) is 2.98. The number of pyridine rings is 1. The summed E-state index contributed by atoms with van der Waals surface area (Å²) in [6.45, 7) is 0.540. The minimum Gasteiger partial charge on any atom is -0.491 e. The van der Waals surface area contributed by atoms with Gasteiger partial charge in [0.1, 0.15) is 3.70 Å². The number of ether oxygens (including phenoxy) is 2. The number of carbonyl (C=O) groups is 1. The highest BCUT2D eigenvalue weighted by atomic mass is 127. The van der Waals surface area contributed by atoms with Crippen molar-refractivity contribution in [2.24, 2.45) is 5.73 Å². The summed E-state index contributed by atoms with van der Waals surface area (Å²) in [5, 5.41) is 0. The van der Waals surface area contributed by atoms with Crippen molar-refractivity contribution >= 4 is 28.6 Å². The Morgan fingerprint density at radius 2 is 2.33 bits per heavy atom. The van der Waals surface area contributed by atoms with Crippen LogP contribution in [0.2, 0.25) is 0 Å². The SMILES string of the molecule is COC(=O)c1cnc(I)c(OCCC2(N)CC2)c1. The second-order valence-corrected chi connectivity index (χ2v) is 5.49. The van der Waals surface area contributed by atoms with Gasteiger partial charge in [-0.2, -0.15) is 0 Å². The number of aromatic nitrogens is 1. The average molecular weight is 362 g/mol. The molecule has 18 heavy (non-hydrogen) atoms. The number of nitrogens with two attached hydrogens (primary N) is 1. The Labute approximate surface area is 119 Å². The Bertz CT molecular complexity index is 461. The first-order valence-electron chi connectivity index (χ1n) is 5.70. The molecule has 0 bridgehead atoms. The van der Waals surface area contributed by atoms with Crippen LogP contribution in [0, 0.1) is 3.70 Å². The maximum Gasteiger partial charge on any atom is 0.339 e. The van der Waals surface area contributed by atoms with Crippen molar-refractivity contribution in [3.8, 4) is 5.75 Å². The lowest BCUT2D eigenvalue weighted by molar-refractivity contribution is 0.0599. The van der Waals surface area contributed by atoms with Gasteiger partial charge >= 0.3 is 5.97 Å². The molecule has 0 saturated heterocycles. The predicted octanol–water partition coefficient (Wildman–Crippen LogP) is 1.73. The van der Waals surface area contributed by atoms with Gasteiger partial charge in [0, 0.05) is 11.7 Å². The summed E-state index contributed by atoms with van der Waals surface area (Å²) in [6, 6.07) is 1.65. The van der Waals surface area contributed by atoms with Gasteiger partial charge in [0.2, 0.25) is 0 Å². The number of rotatable bonds is 5. The fourth-order valence-corrected chi connectivity index (χ4v) is 1.98. The van der Waals surface area contributed by atoms with Crippen molar-refractivity contribution < 1.29 is 14.3 Å². The summed E-state index contributed by atoms with van der Waals surface area (Å²) in [6.07, 6.45) is 4.43. The van der Waals surface area contributed by atoms with Gasteiger partial charge in [0.05, 0.1) is 19.3 Å². The molecule has 2 N–H and O–H groups in total. The summed E-state index contributed by atoms with van der Waals surface area (Å²) in [4.78, 5) is 15.5. The van der Waals surface area contributed by atoms with Crippen LogP contribution in [0.15, 0.2) is 12.3 Å². The molecule has 1 aromatic heterocycles. The highest BCUT2D eigenvalue weighted by Crippen LogP contribution is 2.35. The van der Waals surface area contributed by atoms with Crippen molar-refractivity contribution in [1.29, 1.82) is 0 Å². The van der Waals surface area contributed by atoms with Crippen molar-refractivity contribution in [1.82, 2.24) is 4.98 Å². The lowest BCUT2D eigenvalue weighted by Gasteiger charge is -2.11. The summed E-state index contributed by atoms with van der Waals surface area (Å²) in [5.74, 6) is 0.184. The molecule has 6 heteroatoms. The quantitative estimate of drug-likeness (QED) is 0.491. The Morgan fingerprint density at radius 3 is 2.94 bits per heavy atom. The minimum atomic E-state index is -0.416. The van der Waals surface area contributed by atoms with E-state index in [4.69, 9.17) is 10.5 Å². The molecule has 5 nitrogen and oxygen atoms in total. The molecule has 98 valence electrons. The molecule has 1 aliphatic rings. The highest BCUT2D eigenvalue weighted by Gasteiger charge is 2.37. The molecule has 0 unspecified atom stereocenters. The minimum absolute atomic E-state index is 0.0289. The van der Waals surface area contributed by atoms with E-state index in [1.807, 2.05) is 0 Å². The number of esters is 1. The molecular formula is C12H15IN2O3. The normalized spacial score (nSPS) is 16.2. The van der Waals surface area contributed by atoms with Crippen LogP contribution >= 0.6 is 22.6 Å². The van der Waals surface area contributed by atoms with Crippen LogP contribution in [0.25, 0.3) is 0 Å². The van der Waals surface area contributed by atoms with E-state index < -0.39 is 5.97 Å². The number of methoxy groups -OCH3 is 1. The monoisotopic (exact) mass is 362 g/mol. The maximum absolute atomic E-state index is 11.4. The number of nitrogens with zero attached hydrogens (tertiary/aromatic N) is 1. The van der Waals surface area contributed by atoms with Crippen LogP contribution < -0.4 is 10.5 Å². The van der Waals surface area contributed by atoms with Gasteiger partial charge in [0.15, 0.2) is 5.75 Å². The maximum atomic E-state index is 11.4. The van der Waals surface area contributed by atoms with Crippen molar-refractivity contribution in [3.63, 3.8) is 0 Å². The Hall–Kier alpha value is -0.890. The molecule has 2 rings (SSSR count). The zero-order chi connectivity index (χ0) is 13.2. The summed E-state index contributed by atoms with van der Waals surface area (Å²) < 4.78 is 11.0. The van der Waals surface area contributed by atoms with Crippen LogP contribution in [0.1, 0.15) is 29.6 Å². The van der Waals surface area contributed by atoms with Gasteiger partial charge < -0.3 is 15.2 Å². The van der Waals surface area contributed by atoms with Crippen LogP contribution in [0.3, 0.4) is 0 Å². The van der Waals surface area contributed by atoms with Gasteiger partial charge in [-0.3, -0.25) is 0 Å². The van der Waals surface area contributed by atoms with Gasteiger partial charge in [-0.15, -0.1) is 0 Å². The fourth-order valence-electron chi connectivity index (χ4n) is 1.53. The lowest BCUT2D eigenvalue weighted by atomic mass is 10.2. The van der Waals surface area contributed by atoms with E-state index in [1.165, 1.54) is 13.3 Å². The number of carbonyl (C=O) groups excluding carboxylic acids is 1. The zero-order valence-corrected chi connectivity index (χ0v) is 12.3. The molecule has 0 aliphatic heterocycles. The Balaban J connectivity index is 1.99. The van der Waals surface area contributed by atoms with E-state index in [9.17, 15) is 4.79 Å². The van der Waals surface area contributed by atoms with Crippen molar-refractivity contribution in [2.75, 3.05) is 13.7 Å². The molecular weight excluding hydrogens is 347 g/mol. The summed E-state index contributed by atoms with van der Waals surface area (Å²) >= 11 is 2.07. The molecule has 1 aliphatic carbocycles. The average Bonchev–Trinajstić information content (AvgIpc) is 3.09. The second kappa shape index (κ2) is 5.40. The zero-order valence-electron chi connectivity index (χ0n) is 10.1. The topological polar surface area (TPSA) is 74.4 Å². The molecule has 1 heterocycles. The van der Waals surface area contributed by atoms with Gasteiger partial charge in [0.25, 0.3) is 0 Å². The van der Waals surface area contributed by atoms with Gasteiger partial charge in [-0.25, -0.2) is 9.78 Å². The van der Waals surface area contributed by atoms with Gasteiger partial charge in [-0.1, -0.05) is 0 Å². The van der Waals surface area contributed by atoms with E-state index in [0.717, 1.165) is 23.0 Å². The van der Waals surface area contributed by atoms with E-state index in [0.29, 0.717) is 17.9 Å². The first-order valence-corrected chi connectivity index (χ1v) is 6.77. The lowest BCUT2D eigenvalue weighted by Crippen LogP contribution is -2.24. The third kappa shape index (κ3) is 3.32. The smallest absolute Gasteiger partial charge is 0.339 e. The summed E-state index contributed by atoms with van der Waals surface area (Å²) in [5.41, 5.74) is 6.34. The predicted molar refractivity (Wildman–Crippen MR) is 74.6 cm³/mol. The van der Waals surface area contributed by atoms with Crippen LogP contribution in [0.4, 0.5) is 0 Å². The van der Waals surface area contributed by atoms with E-state index in [-0.39, 0.29) is 5.54 Å². The second-order valence-electron chi connectivity index (χ2n) is 4.47. The molecule has 1 saturated carbocycles. The molecule has 1 fully saturated rings. The Kier molecular flexibility index (Phi) is 4.06. The van der Waals surface area contributed by atoms with Crippen molar-refractivity contribution in [3.05, 3.63) is 21.5 Å². The van der Waals surface area contributed by atoms with Crippen LogP contribution in [-0.4, -0.2) is 30.2 Å². The molecule has 1 aromatic rings. The van der Waals surface area contributed by atoms with Crippen LogP contribution in [0.5, 0.6) is 5.75 Å². The number of hydrogen-bond donors (Lipinski definition) is 1. The first-order chi connectivity index (χ1) is 8.54. The molecule has 0 atom stereocenters. The molecule has 0 radical (unpaired) electrons. The fraction of sp³-hybridized carbons (Fsp3) is 0.500. The largest absolute Gasteiger partial charge is 0.491 e. The third-order valence-corrected chi connectivity index (χ3v) is 3.79. The van der Waals surface area contributed by atoms with E-state index in [1.54, 1.807) is 6.07 Å². The molecule has 0 spiro atoms. The molecule has 0 aromatic carbocycles. The number of hydrogen-bond acceptors (Lipinski definition) is 5. The Morgan fingerprint density at radius 1 is 1.61 bits per heavy atom. The summed E-state index contributed by atoms with van der Waals surface area (Å²) in [7, 11) is 1.34. The standard InChI is InChI=1S/C12H15IN2O3/c1-17-11(16)8-6-9(10(13)15-7-8)18-5-4-12(14)2-3-12/h6-7H,2-5,14H2,1H3.